The van der Waals surface area contributed by atoms with Crippen molar-refractivity contribution in [3.05, 3.63) is 29.8 Å². The topological polar surface area (TPSA) is 90.3 Å². The van der Waals surface area contributed by atoms with Gasteiger partial charge >= 0.3 is 0 Å². The maximum absolute atomic E-state index is 12.2. The number of nitrogens with zero attached hydrogens (tertiary/aromatic N) is 2. The first kappa shape index (κ1) is 15.5. The molecule has 1 aliphatic rings. The maximum atomic E-state index is 12.2. The van der Waals surface area contributed by atoms with E-state index >= 15 is 0 Å². The van der Waals surface area contributed by atoms with Crippen LogP contribution >= 0.6 is 0 Å². The van der Waals surface area contributed by atoms with E-state index in [2.05, 4.69) is 5.32 Å². The zero-order chi connectivity index (χ0) is 15.5. The first-order valence-electron chi connectivity index (χ1n) is 6.66. The average molecular weight is 307 g/mol. The van der Waals surface area contributed by atoms with Crippen molar-refractivity contribution < 1.29 is 13.2 Å². The van der Waals surface area contributed by atoms with E-state index < -0.39 is 10.0 Å². The van der Waals surface area contributed by atoms with Crippen molar-refractivity contribution >= 4 is 21.6 Å². The van der Waals surface area contributed by atoms with Crippen LogP contribution in [0.4, 0.5) is 5.69 Å². The van der Waals surface area contributed by atoms with E-state index in [0.717, 1.165) is 6.26 Å². The van der Waals surface area contributed by atoms with E-state index in [1.807, 2.05) is 6.07 Å². The molecule has 0 bridgehead atoms. The van der Waals surface area contributed by atoms with Gasteiger partial charge in [0.2, 0.25) is 15.9 Å². The normalized spacial score (nSPS) is 19.7. The van der Waals surface area contributed by atoms with Crippen molar-refractivity contribution in [2.45, 2.75) is 12.8 Å². The molecule has 1 N–H and O–H groups in total. The number of anilines is 1. The van der Waals surface area contributed by atoms with Crippen LogP contribution in [0, 0.1) is 17.2 Å². The molecule has 7 heteroatoms. The lowest BCUT2D eigenvalue weighted by molar-refractivity contribution is -0.120. The summed E-state index contributed by atoms with van der Waals surface area (Å²) < 4.78 is 24.4. The van der Waals surface area contributed by atoms with E-state index in [9.17, 15) is 13.2 Å². The van der Waals surface area contributed by atoms with Crippen molar-refractivity contribution in [2.24, 2.45) is 5.92 Å². The number of amides is 1. The van der Waals surface area contributed by atoms with Crippen molar-refractivity contribution in [1.82, 2.24) is 4.31 Å². The van der Waals surface area contributed by atoms with Gasteiger partial charge in [-0.3, -0.25) is 4.79 Å². The molecule has 1 saturated heterocycles. The monoisotopic (exact) mass is 307 g/mol. The first-order valence-corrected chi connectivity index (χ1v) is 8.51. The molecule has 21 heavy (non-hydrogen) atoms. The van der Waals surface area contributed by atoms with Gasteiger partial charge in [-0.15, -0.1) is 0 Å². The molecule has 6 nitrogen and oxygen atoms in total. The van der Waals surface area contributed by atoms with Gasteiger partial charge in [-0.2, -0.15) is 5.26 Å². The molecule has 112 valence electrons. The second-order valence-corrected chi connectivity index (χ2v) is 7.12. The number of carbonyl (C=O) groups excluding carboxylic acids is 1. The molecular weight excluding hydrogens is 290 g/mol. The number of nitriles is 1. The summed E-state index contributed by atoms with van der Waals surface area (Å²) in [6, 6.07) is 8.65. The molecule has 0 spiro atoms. The third kappa shape index (κ3) is 4.03. The molecule has 1 aliphatic heterocycles. The summed E-state index contributed by atoms with van der Waals surface area (Å²) in [7, 11) is -3.27. The molecule has 0 aliphatic carbocycles. The minimum atomic E-state index is -3.27. The average Bonchev–Trinajstić information content (AvgIpc) is 2.46. The second kappa shape index (κ2) is 6.24. The smallest absolute Gasteiger partial charge is 0.228 e. The fourth-order valence-corrected chi connectivity index (χ4v) is 3.28. The Labute approximate surface area is 124 Å². The Morgan fingerprint density at radius 1 is 1.48 bits per heavy atom. The van der Waals surface area contributed by atoms with Gasteiger partial charge in [0.25, 0.3) is 0 Å². The zero-order valence-corrected chi connectivity index (χ0v) is 12.6. The predicted molar refractivity (Wildman–Crippen MR) is 78.9 cm³/mol. The largest absolute Gasteiger partial charge is 0.326 e. The Morgan fingerprint density at radius 2 is 2.24 bits per heavy atom. The molecule has 0 radical (unpaired) electrons. The van der Waals surface area contributed by atoms with Crippen LogP contribution in [0.25, 0.3) is 0 Å². The van der Waals surface area contributed by atoms with Gasteiger partial charge < -0.3 is 5.32 Å². The Hall–Kier alpha value is -1.91. The zero-order valence-electron chi connectivity index (χ0n) is 11.7. The molecule has 0 saturated carbocycles. The summed E-state index contributed by atoms with van der Waals surface area (Å²) in [4.78, 5) is 12.2. The minimum absolute atomic E-state index is 0.210. The van der Waals surface area contributed by atoms with Crippen LogP contribution in [0.3, 0.4) is 0 Å². The number of benzene rings is 1. The minimum Gasteiger partial charge on any atom is -0.326 e. The number of rotatable bonds is 3. The summed E-state index contributed by atoms with van der Waals surface area (Å²) in [5.41, 5.74) is 1.02. The second-order valence-electron chi connectivity index (χ2n) is 5.14. The third-order valence-electron chi connectivity index (χ3n) is 3.48. The van der Waals surface area contributed by atoms with E-state index in [-0.39, 0.29) is 18.4 Å². The highest BCUT2D eigenvalue weighted by Gasteiger charge is 2.30. The van der Waals surface area contributed by atoms with E-state index in [1.54, 1.807) is 24.3 Å². The van der Waals surface area contributed by atoms with Crippen molar-refractivity contribution in [3.63, 3.8) is 0 Å². The fraction of sp³-hybridized carbons (Fsp3) is 0.429. The Bertz CT molecular complexity index is 679. The molecule has 0 unspecified atom stereocenters. The molecule has 1 atom stereocenters. The van der Waals surface area contributed by atoms with Crippen LogP contribution in [0.15, 0.2) is 24.3 Å². The number of nitrogens with one attached hydrogen (secondary N) is 1. The lowest BCUT2D eigenvalue weighted by Gasteiger charge is -2.30. The van der Waals surface area contributed by atoms with Crippen molar-refractivity contribution in [2.75, 3.05) is 24.7 Å². The summed E-state index contributed by atoms with van der Waals surface area (Å²) in [6.07, 6.45) is 2.49. The lowest BCUT2D eigenvalue weighted by atomic mass is 9.98. The predicted octanol–water partition coefficient (Wildman–Crippen LogP) is 1.17. The van der Waals surface area contributed by atoms with Gasteiger partial charge in [-0.05, 0) is 31.0 Å². The number of hydrogen-bond donors (Lipinski definition) is 1. The fourth-order valence-electron chi connectivity index (χ4n) is 2.37. The van der Waals surface area contributed by atoms with Crippen LogP contribution in [0.5, 0.6) is 0 Å². The molecule has 1 aromatic rings. The number of carbonyl (C=O) groups is 1. The van der Waals surface area contributed by atoms with Gasteiger partial charge in [0.15, 0.2) is 0 Å². The van der Waals surface area contributed by atoms with Crippen LogP contribution in [0.1, 0.15) is 18.4 Å². The Balaban J connectivity index is 2.04. The number of sulfonamides is 1. The molecule has 0 aromatic heterocycles. The van der Waals surface area contributed by atoms with Crippen LogP contribution in [-0.4, -0.2) is 38.0 Å². The molecule has 1 fully saturated rings. The van der Waals surface area contributed by atoms with E-state index in [0.29, 0.717) is 30.6 Å². The standard InChI is InChI=1S/C14H17N3O3S/c1-21(19,20)17-7-3-5-12(10-17)14(18)16-13-6-2-4-11(8-13)9-15/h2,4,6,8,12H,3,5,7,10H2,1H3,(H,16,18)/t12-/m1/s1. The van der Waals surface area contributed by atoms with Gasteiger partial charge in [0, 0.05) is 18.8 Å². The Kier molecular flexibility index (Phi) is 4.60. The van der Waals surface area contributed by atoms with Gasteiger partial charge in [-0.25, -0.2) is 12.7 Å². The van der Waals surface area contributed by atoms with Crippen LogP contribution in [0.2, 0.25) is 0 Å². The van der Waals surface area contributed by atoms with Crippen molar-refractivity contribution in [1.29, 1.82) is 5.26 Å². The Morgan fingerprint density at radius 3 is 2.90 bits per heavy atom. The summed E-state index contributed by atoms with van der Waals surface area (Å²) in [5.74, 6) is -0.572. The maximum Gasteiger partial charge on any atom is 0.228 e. The van der Waals surface area contributed by atoms with Gasteiger partial charge in [0.05, 0.1) is 23.8 Å². The van der Waals surface area contributed by atoms with Crippen LogP contribution < -0.4 is 5.32 Å². The third-order valence-corrected chi connectivity index (χ3v) is 4.75. The highest BCUT2D eigenvalue weighted by molar-refractivity contribution is 7.88. The lowest BCUT2D eigenvalue weighted by Crippen LogP contribution is -2.43. The first-order chi connectivity index (χ1) is 9.90. The molecule has 2 rings (SSSR count). The molecular formula is C14H17N3O3S. The summed E-state index contributed by atoms with van der Waals surface area (Å²) >= 11 is 0. The van der Waals surface area contributed by atoms with Gasteiger partial charge in [0.1, 0.15) is 0 Å². The highest BCUT2D eigenvalue weighted by Crippen LogP contribution is 2.20. The molecule has 1 heterocycles. The van der Waals surface area contributed by atoms with Crippen molar-refractivity contribution in [3.8, 4) is 6.07 Å². The van der Waals surface area contributed by atoms with Crippen LogP contribution in [-0.2, 0) is 14.8 Å². The molecule has 1 amide bonds. The SMILES string of the molecule is CS(=O)(=O)N1CCC[C@@H](C(=O)Nc2cccc(C#N)c2)C1. The quantitative estimate of drug-likeness (QED) is 0.907. The highest BCUT2D eigenvalue weighted by atomic mass is 32.2. The number of hydrogen-bond acceptors (Lipinski definition) is 4. The van der Waals surface area contributed by atoms with E-state index in [1.165, 1.54) is 4.31 Å². The summed E-state index contributed by atoms with van der Waals surface area (Å²) in [5, 5.41) is 11.6. The number of piperidine rings is 1. The molecule has 1 aromatic carbocycles. The van der Waals surface area contributed by atoms with Gasteiger partial charge in [-0.1, -0.05) is 6.07 Å². The summed E-state index contributed by atoms with van der Waals surface area (Å²) in [6.45, 7) is 0.676. The van der Waals surface area contributed by atoms with E-state index in [4.69, 9.17) is 5.26 Å².